The van der Waals surface area contributed by atoms with Crippen molar-refractivity contribution in [1.82, 2.24) is 15.1 Å². The van der Waals surface area contributed by atoms with Crippen LogP contribution in [0.4, 0.5) is 0 Å². The van der Waals surface area contributed by atoms with Gasteiger partial charge in [0.1, 0.15) is 12.1 Å². The van der Waals surface area contributed by atoms with Crippen molar-refractivity contribution in [3.63, 3.8) is 0 Å². The average molecular weight is 498 g/mol. The highest BCUT2D eigenvalue weighted by molar-refractivity contribution is 6.34. The van der Waals surface area contributed by atoms with Crippen molar-refractivity contribution in [1.29, 1.82) is 0 Å². The van der Waals surface area contributed by atoms with E-state index in [2.05, 4.69) is 10.4 Å². The highest BCUT2D eigenvalue weighted by Crippen LogP contribution is 2.20. The Balaban J connectivity index is 2.19. The van der Waals surface area contributed by atoms with Crippen LogP contribution >= 0.6 is 23.2 Å². The Hall–Kier alpha value is -2.09. The van der Waals surface area contributed by atoms with Crippen molar-refractivity contribution in [2.24, 2.45) is 5.92 Å². The SMILES string of the molecule is CCCCOC(=O)[C@H](CC(C)C)N[C@@H](Cc1ccnn1Cc1cc(Cl)cc(Cl)c1)C(=O)OC. The summed E-state index contributed by atoms with van der Waals surface area (Å²) in [6.07, 6.45) is 4.23. The number of hydrogen-bond donors (Lipinski definition) is 1. The quantitative estimate of drug-likeness (QED) is 0.319. The zero-order chi connectivity index (χ0) is 24.4. The number of carbonyl (C=O) groups excluding carboxylic acids is 2. The fourth-order valence-electron chi connectivity index (χ4n) is 3.48. The van der Waals surface area contributed by atoms with Crippen molar-refractivity contribution in [2.75, 3.05) is 13.7 Å². The lowest BCUT2D eigenvalue weighted by atomic mass is 10.0. The van der Waals surface area contributed by atoms with E-state index in [9.17, 15) is 9.59 Å². The number of unbranched alkanes of at least 4 members (excludes halogenated alkanes) is 1. The summed E-state index contributed by atoms with van der Waals surface area (Å²) in [5.74, 6) is -0.575. The molecule has 1 heterocycles. The van der Waals surface area contributed by atoms with Gasteiger partial charge in [0, 0.05) is 28.4 Å². The number of rotatable bonds is 13. The van der Waals surface area contributed by atoms with Gasteiger partial charge in [-0.25, -0.2) is 0 Å². The summed E-state index contributed by atoms with van der Waals surface area (Å²) in [6, 6.07) is 5.79. The number of carbonyl (C=O) groups is 2. The van der Waals surface area contributed by atoms with Gasteiger partial charge in [-0.1, -0.05) is 50.4 Å². The first-order chi connectivity index (χ1) is 15.7. The van der Waals surface area contributed by atoms with Crippen molar-refractivity contribution in [3.05, 3.63) is 51.8 Å². The molecule has 0 amide bonds. The third kappa shape index (κ3) is 8.99. The molecule has 1 aromatic heterocycles. The zero-order valence-electron chi connectivity index (χ0n) is 19.6. The van der Waals surface area contributed by atoms with E-state index >= 15 is 0 Å². The molecule has 9 heteroatoms. The molecule has 0 aliphatic rings. The number of ether oxygens (including phenoxy) is 2. The number of nitrogens with one attached hydrogen (secondary N) is 1. The summed E-state index contributed by atoms with van der Waals surface area (Å²) in [7, 11) is 1.33. The van der Waals surface area contributed by atoms with Crippen LogP contribution in [0.5, 0.6) is 0 Å². The second-order valence-corrected chi connectivity index (χ2v) is 9.28. The highest BCUT2D eigenvalue weighted by atomic mass is 35.5. The van der Waals surface area contributed by atoms with E-state index in [0.717, 1.165) is 24.1 Å². The highest BCUT2D eigenvalue weighted by Gasteiger charge is 2.29. The van der Waals surface area contributed by atoms with Crippen LogP contribution in [0.15, 0.2) is 30.5 Å². The molecular weight excluding hydrogens is 465 g/mol. The molecule has 2 atom stereocenters. The number of benzene rings is 1. The van der Waals surface area contributed by atoms with E-state index < -0.39 is 18.1 Å². The molecule has 0 spiro atoms. The Morgan fingerprint density at radius 2 is 1.82 bits per heavy atom. The Kier molecular flexibility index (Phi) is 11.2. The first-order valence-corrected chi connectivity index (χ1v) is 11.9. The minimum atomic E-state index is -0.740. The Bertz CT molecular complexity index is 897. The van der Waals surface area contributed by atoms with E-state index in [1.54, 1.807) is 16.9 Å². The topological polar surface area (TPSA) is 82.5 Å². The summed E-state index contributed by atoms with van der Waals surface area (Å²) < 4.78 is 12.2. The molecule has 0 aliphatic heterocycles. The van der Waals surface area contributed by atoms with Gasteiger partial charge in [-0.2, -0.15) is 5.10 Å². The Labute approximate surface area is 205 Å². The first kappa shape index (κ1) is 27.2. The molecule has 0 radical (unpaired) electrons. The van der Waals surface area contributed by atoms with Crippen molar-refractivity contribution >= 4 is 35.1 Å². The van der Waals surface area contributed by atoms with E-state index in [4.69, 9.17) is 32.7 Å². The predicted molar refractivity (Wildman–Crippen MR) is 130 cm³/mol. The van der Waals surface area contributed by atoms with E-state index in [0.29, 0.717) is 29.6 Å². The molecule has 1 aromatic carbocycles. The summed E-state index contributed by atoms with van der Waals surface area (Å²) in [5, 5.41) is 8.64. The lowest BCUT2D eigenvalue weighted by molar-refractivity contribution is -0.148. The second kappa shape index (κ2) is 13.6. The number of aromatic nitrogens is 2. The van der Waals surface area contributed by atoms with Crippen LogP contribution in [0, 0.1) is 5.92 Å². The van der Waals surface area contributed by atoms with Crippen LogP contribution < -0.4 is 5.32 Å². The van der Waals surface area contributed by atoms with Gasteiger partial charge in [0.2, 0.25) is 0 Å². The lowest BCUT2D eigenvalue weighted by Gasteiger charge is -2.24. The van der Waals surface area contributed by atoms with Gasteiger partial charge >= 0.3 is 11.9 Å². The molecule has 0 saturated heterocycles. The molecule has 0 saturated carbocycles. The van der Waals surface area contributed by atoms with E-state index in [1.165, 1.54) is 7.11 Å². The third-order valence-corrected chi connectivity index (χ3v) is 5.53. The standard InChI is InChI=1S/C24H33Cl2N3O4/c1-5-6-9-33-24(31)21(10-16(2)3)28-22(23(30)32-4)14-20-7-8-27-29(20)15-17-11-18(25)13-19(26)12-17/h7-8,11-13,16,21-22,28H,5-6,9-10,14-15H2,1-4H3/t21-,22-/m0/s1. The van der Waals surface area contributed by atoms with Gasteiger partial charge in [-0.15, -0.1) is 0 Å². The lowest BCUT2D eigenvalue weighted by Crippen LogP contribution is -2.50. The Morgan fingerprint density at radius 3 is 2.42 bits per heavy atom. The van der Waals surface area contributed by atoms with Crippen LogP contribution in [0.3, 0.4) is 0 Å². The minimum absolute atomic E-state index is 0.234. The smallest absolute Gasteiger partial charge is 0.323 e. The molecule has 7 nitrogen and oxygen atoms in total. The van der Waals surface area contributed by atoms with Crippen molar-refractivity contribution in [2.45, 2.75) is 65.1 Å². The molecule has 0 fully saturated rings. The minimum Gasteiger partial charge on any atom is -0.468 e. The molecule has 33 heavy (non-hydrogen) atoms. The van der Waals surface area contributed by atoms with Crippen LogP contribution in [0.2, 0.25) is 10.0 Å². The molecule has 2 aromatic rings. The molecule has 0 aliphatic carbocycles. The normalized spacial score (nSPS) is 13.1. The second-order valence-electron chi connectivity index (χ2n) is 8.41. The summed E-state index contributed by atoms with van der Waals surface area (Å²) in [6.45, 7) is 6.87. The number of esters is 2. The largest absolute Gasteiger partial charge is 0.468 e. The number of halogens is 2. The molecule has 182 valence electrons. The monoisotopic (exact) mass is 497 g/mol. The number of hydrogen-bond acceptors (Lipinski definition) is 6. The van der Waals surface area contributed by atoms with Crippen molar-refractivity contribution in [3.8, 4) is 0 Å². The maximum Gasteiger partial charge on any atom is 0.323 e. The average Bonchev–Trinajstić information content (AvgIpc) is 3.17. The number of methoxy groups -OCH3 is 1. The number of nitrogens with zero attached hydrogens (tertiary/aromatic N) is 2. The molecular formula is C24H33Cl2N3O4. The van der Waals surface area contributed by atoms with Crippen LogP contribution in [0.1, 0.15) is 51.3 Å². The van der Waals surface area contributed by atoms with Gasteiger partial charge in [-0.3, -0.25) is 19.6 Å². The molecule has 2 rings (SSSR count). The fourth-order valence-corrected chi connectivity index (χ4v) is 4.05. The maximum absolute atomic E-state index is 12.7. The fraction of sp³-hybridized carbons (Fsp3) is 0.542. The third-order valence-electron chi connectivity index (χ3n) is 5.09. The zero-order valence-corrected chi connectivity index (χ0v) is 21.2. The van der Waals surface area contributed by atoms with Gasteiger partial charge < -0.3 is 9.47 Å². The van der Waals surface area contributed by atoms with Crippen LogP contribution in [-0.4, -0.2) is 47.5 Å². The predicted octanol–water partition coefficient (Wildman–Crippen LogP) is 4.67. The summed E-state index contributed by atoms with van der Waals surface area (Å²) in [5.41, 5.74) is 1.69. The summed E-state index contributed by atoms with van der Waals surface area (Å²) >= 11 is 12.2. The molecule has 0 unspecified atom stereocenters. The first-order valence-electron chi connectivity index (χ1n) is 11.2. The molecule has 1 N–H and O–H groups in total. The van der Waals surface area contributed by atoms with Gasteiger partial charge in [-0.05, 0) is 48.6 Å². The molecule has 0 bridgehead atoms. The maximum atomic E-state index is 12.7. The van der Waals surface area contributed by atoms with Crippen molar-refractivity contribution < 1.29 is 19.1 Å². The Morgan fingerprint density at radius 1 is 1.12 bits per heavy atom. The van der Waals surface area contributed by atoms with Gasteiger partial charge in [0.25, 0.3) is 0 Å². The van der Waals surface area contributed by atoms with Crippen LogP contribution in [0.25, 0.3) is 0 Å². The van der Waals surface area contributed by atoms with Gasteiger partial charge in [0.05, 0.1) is 20.3 Å². The van der Waals surface area contributed by atoms with E-state index in [1.807, 2.05) is 39.0 Å². The van der Waals surface area contributed by atoms with Crippen LogP contribution in [-0.2, 0) is 32.0 Å². The summed E-state index contributed by atoms with van der Waals surface area (Å²) in [4.78, 5) is 25.3. The van der Waals surface area contributed by atoms with Gasteiger partial charge in [0.15, 0.2) is 0 Å². The van der Waals surface area contributed by atoms with E-state index in [-0.39, 0.29) is 18.3 Å².